The summed E-state index contributed by atoms with van der Waals surface area (Å²) in [6.07, 6.45) is 0. The van der Waals surface area contributed by atoms with Gasteiger partial charge in [0.25, 0.3) is 0 Å². The molecular weight excluding hydrogens is 292 g/mol. The maximum Gasteiger partial charge on any atom is 0.249 e. The molecule has 0 aromatic heterocycles. The zero-order valence-corrected chi connectivity index (χ0v) is 12.8. The first kappa shape index (κ1) is 20.9. The first-order chi connectivity index (χ1) is 9.33. The maximum atomic E-state index is 5.85. The van der Waals surface area contributed by atoms with Crippen molar-refractivity contribution >= 4 is 0 Å². The number of hydrogen-bond acceptors (Lipinski definition) is 13. The van der Waals surface area contributed by atoms with Gasteiger partial charge in [-0.2, -0.15) is 0 Å². The van der Waals surface area contributed by atoms with Gasteiger partial charge in [0.2, 0.25) is 5.85 Å². The van der Waals surface area contributed by atoms with Gasteiger partial charge in [-0.3, -0.25) is 28.7 Å². The molecule has 0 aromatic rings. The molecule has 0 atom stereocenters. The Labute approximate surface area is 128 Å². The first-order valence-corrected chi connectivity index (χ1v) is 6.12. The molecule has 132 valence electrons. The van der Waals surface area contributed by atoms with E-state index >= 15 is 0 Å². The van der Waals surface area contributed by atoms with Crippen molar-refractivity contribution in [3.05, 3.63) is 11.5 Å². The highest BCUT2D eigenvalue weighted by atomic mass is 16.5. The number of nitrogens with two attached hydrogens (primary N) is 12. The third kappa shape index (κ3) is 3.14. The fourth-order valence-electron chi connectivity index (χ4n) is 1.39. The van der Waals surface area contributed by atoms with Crippen LogP contribution in [0.15, 0.2) is 11.5 Å². The zero-order chi connectivity index (χ0) is 18.4. The van der Waals surface area contributed by atoms with Crippen molar-refractivity contribution in [2.24, 2.45) is 68.8 Å². The Hall–Kier alpha value is -1.10. The van der Waals surface area contributed by atoms with Crippen molar-refractivity contribution in [1.82, 2.24) is 0 Å². The van der Waals surface area contributed by atoms with Crippen LogP contribution in [0.5, 0.6) is 0 Å². The van der Waals surface area contributed by atoms with Gasteiger partial charge in [0.05, 0.1) is 0 Å². The number of rotatable bonds is 6. The molecule has 0 radical (unpaired) electrons. The minimum atomic E-state index is -2.48. The van der Waals surface area contributed by atoms with Gasteiger partial charge in [-0.1, -0.05) is 0 Å². The molecule has 0 aliphatic heterocycles. The molecule has 13 heteroatoms. The Morgan fingerprint density at radius 3 is 1.27 bits per heavy atom. The van der Waals surface area contributed by atoms with Gasteiger partial charge in [0, 0.05) is 0 Å². The lowest BCUT2D eigenvalue weighted by Gasteiger charge is -2.56. The van der Waals surface area contributed by atoms with Crippen LogP contribution < -0.4 is 68.8 Å². The van der Waals surface area contributed by atoms with E-state index in [9.17, 15) is 0 Å². The van der Waals surface area contributed by atoms with E-state index in [2.05, 4.69) is 0 Å². The van der Waals surface area contributed by atoms with Crippen LogP contribution in [0.4, 0.5) is 0 Å². The summed E-state index contributed by atoms with van der Waals surface area (Å²) in [5.41, 5.74) is 61.5. The lowest BCUT2D eigenvalue weighted by atomic mass is 9.77. The highest BCUT2D eigenvalue weighted by Crippen LogP contribution is 2.26. The van der Waals surface area contributed by atoms with Gasteiger partial charge >= 0.3 is 0 Å². The summed E-state index contributed by atoms with van der Waals surface area (Å²) in [6.45, 7) is 3.25. The summed E-state index contributed by atoms with van der Waals surface area (Å²) < 4.78 is 5.13. The number of allylic oxidation sites excluding steroid dienone is 1. The Kier molecular flexibility index (Phi) is 5.24. The fraction of sp³-hybridized carbons (Fsp3) is 0.778. The van der Waals surface area contributed by atoms with E-state index in [1.54, 1.807) is 13.8 Å². The van der Waals surface area contributed by atoms with Crippen molar-refractivity contribution in [2.75, 3.05) is 0 Å². The maximum absolute atomic E-state index is 5.85. The molecule has 0 heterocycles. The molecule has 0 aromatic carbocycles. The van der Waals surface area contributed by atoms with Crippen molar-refractivity contribution in [2.45, 2.75) is 42.5 Å². The van der Waals surface area contributed by atoms with E-state index in [1.165, 1.54) is 0 Å². The summed E-state index contributed by atoms with van der Waals surface area (Å²) >= 11 is 0. The number of ether oxygens (including phenoxy) is 1. The van der Waals surface area contributed by atoms with Crippen LogP contribution in [0.3, 0.4) is 0 Å². The summed E-state index contributed by atoms with van der Waals surface area (Å²) in [5, 5.41) is 0. The second-order valence-electron chi connectivity index (χ2n) is 5.80. The van der Waals surface area contributed by atoms with Crippen molar-refractivity contribution in [3.8, 4) is 0 Å². The predicted molar refractivity (Wildman–Crippen MR) is 83.4 cm³/mol. The van der Waals surface area contributed by atoms with Crippen LogP contribution in [0.2, 0.25) is 0 Å². The predicted octanol–water partition coefficient (Wildman–Crippen LogP) is -6.84. The highest BCUT2D eigenvalue weighted by molar-refractivity contribution is 5.22. The lowest BCUT2D eigenvalue weighted by molar-refractivity contribution is -0.106. The summed E-state index contributed by atoms with van der Waals surface area (Å²) in [6, 6.07) is 0. The molecule has 0 saturated carbocycles. The topological polar surface area (TPSA) is 321 Å². The second kappa shape index (κ2) is 5.52. The Morgan fingerprint density at radius 1 is 0.636 bits per heavy atom. The number of hydrogen-bond donors (Lipinski definition) is 12. The van der Waals surface area contributed by atoms with Crippen molar-refractivity contribution in [3.63, 3.8) is 0 Å². The van der Waals surface area contributed by atoms with Gasteiger partial charge in [0.15, 0.2) is 17.3 Å². The molecule has 0 unspecified atom stereocenters. The minimum Gasteiger partial charge on any atom is -0.442 e. The summed E-state index contributed by atoms with van der Waals surface area (Å²) in [7, 11) is 0. The quantitative estimate of drug-likeness (QED) is 0.160. The van der Waals surface area contributed by atoms with Crippen LogP contribution >= 0.6 is 0 Å². The standard InChI is InChI=1S/C9H30N12O/c1-3(2)4(10)22-9(20,21)7(15,16)5(11,12)6(13,14)8(17,18)19/h10-21H2,1-2H3. The Morgan fingerprint density at radius 2 is 1.00 bits per heavy atom. The van der Waals surface area contributed by atoms with Crippen LogP contribution in [0.25, 0.3) is 0 Å². The van der Waals surface area contributed by atoms with E-state index in [4.69, 9.17) is 73.5 Å². The fourth-order valence-corrected chi connectivity index (χ4v) is 1.39. The SMILES string of the molecule is CC(C)=C(N)OC(N)(N)C(N)(N)C(N)(N)C(N)(N)C(N)(N)N. The summed E-state index contributed by atoms with van der Waals surface area (Å²) in [5.74, 6) is -4.83. The van der Waals surface area contributed by atoms with Gasteiger partial charge in [-0.15, -0.1) is 0 Å². The normalized spacial score (nSPS) is 14.8. The molecule has 0 amide bonds. The minimum absolute atomic E-state index is 0.153. The third-order valence-corrected chi connectivity index (χ3v) is 3.50. The third-order valence-electron chi connectivity index (χ3n) is 3.50. The van der Waals surface area contributed by atoms with Crippen LogP contribution in [-0.2, 0) is 4.74 Å². The van der Waals surface area contributed by atoms with Gasteiger partial charge < -0.3 is 44.9 Å². The van der Waals surface area contributed by atoms with E-state index in [0.29, 0.717) is 5.57 Å². The first-order valence-electron chi connectivity index (χ1n) is 6.12. The Bertz CT molecular complexity index is 442. The van der Waals surface area contributed by atoms with Crippen molar-refractivity contribution < 1.29 is 4.74 Å². The average molecular weight is 322 g/mol. The van der Waals surface area contributed by atoms with Gasteiger partial charge in [-0.05, 0) is 19.4 Å². The molecule has 22 heavy (non-hydrogen) atoms. The van der Waals surface area contributed by atoms with Crippen LogP contribution in [0, 0.1) is 0 Å². The molecule has 13 nitrogen and oxygen atoms in total. The molecule has 0 rings (SSSR count). The molecule has 0 spiro atoms. The van der Waals surface area contributed by atoms with Crippen LogP contribution in [-0.4, -0.2) is 28.6 Å². The highest BCUT2D eigenvalue weighted by Gasteiger charge is 2.66. The van der Waals surface area contributed by atoms with Crippen LogP contribution in [0.1, 0.15) is 13.8 Å². The molecule has 0 aliphatic carbocycles. The monoisotopic (exact) mass is 322 g/mol. The molecule has 0 bridgehead atoms. The van der Waals surface area contributed by atoms with Gasteiger partial charge in [-0.25, -0.2) is 0 Å². The zero-order valence-electron chi connectivity index (χ0n) is 12.8. The molecule has 0 aliphatic rings. The lowest BCUT2D eigenvalue weighted by Crippen LogP contribution is -3.02. The second-order valence-corrected chi connectivity index (χ2v) is 5.80. The molecule has 0 fully saturated rings. The Balaban J connectivity index is 5.95. The van der Waals surface area contributed by atoms with Crippen molar-refractivity contribution in [1.29, 1.82) is 0 Å². The smallest absolute Gasteiger partial charge is 0.249 e. The molecule has 24 N–H and O–H groups in total. The summed E-state index contributed by atoms with van der Waals surface area (Å²) in [4.78, 5) is 0. The van der Waals surface area contributed by atoms with E-state index in [0.717, 1.165) is 0 Å². The molecule has 0 saturated heterocycles. The largest absolute Gasteiger partial charge is 0.442 e. The van der Waals surface area contributed by atoms with E-state index < -0.39 is 28.6 Å². The average Bonchev–Trinajstić information content (AvgIpc) is 2.25. The molecular formula is C9H30N12O. The van der Waals surface area contributed by atoms with Gasteiger partial charge in [0.1, 0.15) is 11.3 Å². The van der Waals surface area contributed by atoms with E-state index in [1.807, 2.05) is 0 Å². The van der Waals surface area contributed by atoms with E-state index in [-0.39, 0.29) is 5.88 Å².